The van der Waals surface area contributed by atoms with Crippen LogP contribution in [0.4, 0.5) is 0 Å². The zero-order valence-corrected chi connectivity index (χ0v) is 12.8. The van der Waals surface area contributed by atoms with Crippen LogP contribution in [0.25, 0.3) is 0 Å². The molecule has 0 spiro atoms. The molecule has 0 heterocycles. The second-order valence-corrected chi connectivity index (χ2v) is 5.54. The summed E-state index contributed by atoms with van der Waals surface area (Å²) in [4.78, 5) is 0. The Morgan fingerprint density at radius 3 is 2.45 bits per heavy atom. The van der Waals surface area contributed by atoms with Gasteiger partial charge in [0, 0.05) is 17.1 Å². The zero-order chi connectivity index (χ0) is 14.5. The van der Waals surface area contributed by atoms with Crippen molar-refractivity contribution in [1.29, 1.82) is 0 Å². The number of benzene rings is 2. The monoisotopic (exact) mass is 309 g/mol. The molecule has 2 nitrogen and oxygen atoms in total. The molecule has 2 aromatic rings. The lowest BCUT2D eigenvalue weighted by atomic mass is 10.0. The first-order valence-electron chi connectivity index (χ1n) is 6.56. The van der Waals surface area contributed by atoms with Crippen molar-refractivity contribution in [3.63, 3.8) is 0 Å². The van der Waals surface area contributed by atoms with Crippen LogP contribution in [0.15, 0.2) is 42.5 Å². The molecule has 0 radical (unpaired) electrons. The summed E-state index contributed by atoms with van der Waals surface area (Å²) in [5, 5.41) is 1.13. The summed E-state index contributed by atoms with van der Waals surface area (Å²) in [5.74, 6) is 1.28. The van der Waals surface area contributed by atoms with Crippen LogP contribution >= 0.6 is 23.2 Å². The van der Waals surface area contributed by atoms with E-state index in [9.17, 15) is 0 Å². The van der Waals surface area contributed by atoms with Crippen molar-refractivity contribution < 1.29 is 4.74 Å². The molecule has 1 atom stereocenters. The maximum Gasteiger partial charge on any atom is 0.147 e. The SMILES string of the molecule is CCC(N)Cc1ccc(Oc2cc(Cl)ccc2Cl)cc1. The van der Waals surface area contributed by atoms with E-state index in [-0.39, 0.29) is 6.04 Å². The molecule has 0 saturated carbocycles. The van der Waals surface area contributed by atoms with Gasteiger partial charge >= 0.3 is 0 Å². The quantitative estimate of drug-likeness (QED) is 0.837. The van der Waals surface area contributed by atoms with E-state index in [1.807, 2.05) is 24.3 Å². The van der Waals surface area contributed by atoms with Crippen LogP contribution in [0.3, 0.4) is 0 Å². The smallest absolute Gasteiger partial charge is 0.147 e. The predicted octanol–water partition coefficient (Wildman–Crippen LogP) is 5.07. The number of nitrogens with two attached hydrogens (primary N) is 1. The molecule has 2 rings (SSSR count). The van der Waals surface area contributed by atoms with Gasteiger partial charge < -0.3 is 10.5 Å². The summed E-state index contributed by atoms with van der Waals surface area (Å²) >= 11 is 12.0. The Morgan fingerprint density at radius 1 is 1.10 bits per heavy atom. The lowest BCUT2D eigenvalue weighted by Crippen LogP contribution is -2.21. The summed E-state index contributed by atoms with van der Waals surface area (Å²) in [7, 11) is 0. The highest BCUT2D eigenvalue weighted by atomic mass is 35.5. The average molecular weight is 310 g/mol. The van der Waals surface area contributed by atoms with E-state index in [0.717, 1.165) is 18.6 Å². The summed E-state index contributed by atoms with van der Waals surface area (Å²) < 4.78 is 5.73. The molecule has 0 aliphatic heterocycles. The Bertz CT molecular complexity index is 569. The highest BCUT2D eigenvalue weighted by Crippen LogP contribution is 2.31. The first-order chi connectivity index (χ1) is 9.58. The second kappa shape index (κ2) is 6.98. The Labute approximate surface area is 129 Å². The standard InChI is InChI=1S/C16H17Cl2NO/c1-2-13(19)9-11-3-6-14(7-4-11)20-16-10-12(17)5-8-15(16)18/h3-8,10,13H,2,9,19H2,1H3. The minimum Gasteiger partial charge on any atom is -0.456 e. The van der Waals surface area contributed by atoms with Crippen molar-refractivity contribution in [3.05, 3.63) is 58.1 Å². The number of halogens is 2. The van der Waals surface area contributed by atoms with Gasteiger partial charge in [0.15, 0.2) is 0 Å². The van der Waals surface area contributed by atoms with Gasteiger partial charge in [0.1, 0.15) is 11.5 Å². The van der Waals surface area contributed by atoms with Crippen molar-refractivity contribution in [2.24, 2.45) is 5.73 Å². The normalized spacial score (nSPS) is 12.2. The highest BCUT2D eigenvalue weighted by Gasteiger charge is 2.05. The molecule has 0 aliphatic rings. The molecular weight excluding hydrogens is 293 g/mol. The van der Waals surface area contributed by atoms with Gasteiger partial charge in [-0.1, -0.05) is 42.3 Å². The van der Waals surface area contributed by atoms with E-state index in [2.05, 4.69) is 6.92 Å². The first kappa shape index (κ1) is 15.2. The molecule has 0 aliphatic carbocycles. The molecule has 2 N–H and O–H groups in total. The Morgan fingerprint density at radius 2 is 1.80 bits per heavy atom. The van der Waals surface area contributed by atoms with Crippen molar-refractivity contribution in [1.82, 2.24) is 0 Å². The van der Waals surface area contributed by atoms with Gasteiger partial charge in [-0.15, -0.1) is 0 Å². The number of ether oxygens (including phenoxy) is 1. The van der Waals surface area contributed by atoms with E-state index >= 15 is 0 Å². The van der Waals surface area contributed by atoms with Gasteiger partial charge in [0.2, 0.25) is 0 Å². The average Bonchev–Trinajstić information content (AvgIpc) is 2.45. The fraction of sp³-hybridized carbons (Fsp3) is 0.250. The third-order valence-corrected chi connectivity index (χ3v) is 3.61. The fourth-order valence-electron chi connectivity index (χ4n) is 1.82. The molecule has 4 heteroatoms. The summed E-state index contributed by atoms with van der Waals surface area (Å²) in [6.45, 7) is 2.09. The topological polar surface area (TPSA) is 35.2 Å². The number of hydrogen-bond acceptors (Lipinski definition) is 2. The van der Waals surface area contributed by atoms with Crippen molar-refractivity contribution in [2.45, 2.75) is 25.8 Å². The zero-order valence-electron chi connectivity index (χ0n) is 11.3. The molecule has 1 unspecified atom stereocenters. The molecule has 0 saturated heterocycles. The van der Waals surface area contributed by atoms with Crippen LogP contribution in [0, 0.1) is 0 Å². The number of rotatable bonds is 5. The van der Waals surface area contributed by atoms with Gasteiger partial charge in [-0.3, -0.25) is 0 Å². The molecule has 106 valence electrons. The fourth-order valence-corrected chi connectivity index (χ4v) is 2.14. The first-order valence-corrected chi connectivity index (χ1v) is 7.31. The van der Waals surface area contributed by atoms with Crippen LogP contribution in [-0.2, 0) is 6.42 Å². The predicted molar refractivity (Wildman–Crippen MR) is 84.9 cm³/mol. The van der Waals surface area contributed by atoms with Gasteiger partial charge in [-0.25, -0.2) is 0 Å². The summed E-state index contributed by atoms with van der Waals surface area (Å²) in [5.41, 5.74) is 7.14. The lowest BCUT2D eigenvalue weighted by Gasteiger charge is -2.11. The van der Waals surface area contributed by atoms with E-state index in [1.54, 1.807) is 18.2 Å². The molecular formula is C16H17Cl2NO. The summed E-state index contributed by atoms with van der Waals surface area (Å²) in [6, 6.07) is 13.2. The second-order valence-electron chi connectivity index (χ2n) is 4.69. The maximum absolute atomic E-state index is 6.06. The third kappa shape index (κ3) is 4.14. The lowest BCUT2D eigenvalue weighted by molar-refractivity contribution is 0.482. The van der Waals surface area contributed by atoms with E-state index in [4.69, 9.17) is 33.7 Å². The van der Waals surface area contributed by atoms with Crippen molar-refractivity contribution in [2.75, 3.05) is 0 Å². The molecule has 0 fully saturated rings. The molecule has 20 heavy (non-hydrogen) atoms. The minimum atomic E-state index is 0.198. The molecule has 0 aromatic heterocycles. The highest BCUT2D eigenvalue weighted by molar-refractivity contribution is 6.34. The third-order valence-electron chi connectivity index (χ3n) is 3.07. The van der Waals surface area contributed by atoms with Crippen LogP contribution in [0.5, 0.6) is 11.5 Å². The molecule has 2 aromatic carbocycles. The van der Waals surface area contributed by atoms with Gasteiger partial charge in [-0.2, -0.15) is 0 Å². The van der Waals surface area contributed by atoms with Gasteiger partial charge in [0.05, 0.1) is 5.02 Å². The summed E-state index contributed by atoms with van der Waals surface area (Å²) in [6.07, 6.45) is 1.84. The van der Waals surface area contributed by atoms with Crippen LogP contribution in [0.1, 0.15) is 18.9 Å². The van der Waals surface area contributed by atoms with Crippen LogP contribution in [0.2, 0.25) is 10.0 Å². The Kier molecular flexibility index (Phi) is 5.30. The van der Waals surface area contributed by atoms with Crippen LogP contribution < -0.4 is 10.5 Å². The largest absolute Gasteiger partial charge is 0.456 e. The minimum absolute atomic E-state index is 0.198. The van der Waals surface area contributed by atoms with E-state index in [1.165, 1.54) is 5.56 Å². The Hall–Kier alpha value is -1.22. The van der Waals surface area contributed by atoms with Crippen molar-refractivity contribution in [3.8, 4) is 11.5 Å². The van der Waals surface area contributed by atoms with Gasteiger partial charge in [-0.05, 0) is 42.7 Å². The van der Waals surface area contributed by atoms with E-state index in [0.29, 0.717) is 15.8 Å². The van der Waals surface area contributed by atoms with E-state index < -0.39 is 0 Å². The van der Waals surface area contributed by atoms with Crippen LogP contribution in [-0.4, -0.2) is 6.04 Å². The number of hydrogen-bond donors (Lipinski definition) is 1. The van der Waals surface area contributed by atoms with Crippen molar-refractivity contribution >= 4 is 23.2 Å². The van der Waals surface area contributed by atoms with Gasteiger partial charge in [0.25, 0.3) is 0 Å². The molecule has 0 bridgehead atoms. The maximum atomic E-state index is 6.06. The Balaban J connectivity index is 2.09. The molecule has 0 amide bonds.